The van der Waals surface area contributed by atoms with E-state index in [1.54, 1.807) is 6.92 Å². The van der Waals surface area contributed by atoms with Crippen LogP contribution in [0.2, 0.25) is 0 Å². The number of hydrogen-bond acceptors (Lipinski definition) is 4. The molecule has 1 heterocycles. The summed E-state index contributed by atoms with van der Waals surface area (Å²) in [7, 11) is 0. The Kier molecular flexibility index (Phi) is 4.61. The molecule has 0 unspecified atom stereocenters. The number of aromatic carboxylic acids is 1. The second kappa shape index (κ2) is 6.21. The summed E-state index contributed by atoms with van der Waals surface area (Å²) >= 11 is 3.10. The maximum atomic E-state index is 11.1. The summed E-state index contributed by atoms with van der Waals surface area (Å²) in [6.45, 7) is 3.87. The molecule has 1 N–H and O–H groups in total. The minimum Gasteiger partial charge on any atom is -0.477 e. The minimum absolute atomic E-state index is 0.327. The van der Waals surface area contributed by atoms with Gasteiger partial charge in [-0.2, -0.15) is 11.8 Å². The number of thiazole rings is 1. The lowest BCUT2D eigenvalue weighted by atomic mass is 10.1. The van der Waals surface area contributed by atoms with Gasteiger partial charge >= 0.3 is 5.97 Å². The molecule has 0 spiro atoms. The fourth-order valence-corrected chi connectivity index (χ4v) is 3.42. The van der Waals surface area contributed by atoms with Crippen LogP contribution in [-0.2, 0) is 5.75 Å². The van der Waals surface area contributed by atoms with Gasteiger partial charge in [-0.15, -0.1) is 11.3 Å². The third kappa shape index (κ3) is 3.16. The Morgan fingerprint density at radius 1 is 1.42 bits per heavy atom. The van der Waals surface area contributed by atoms with Gasteiger partial charge in [-0.25, -0.2) is 9.78 Å². The van der Waals surface area contributed by atoms with Gasteiger partial charge in [0.2, 0.25) is 0 Å². The average Bonchev–Trinajstić information content (AvgIpc) is 2.79. The third-order valence-electron chi connectivity index (χ3n) is 2.70. The standard InChI is InChI=1S/C14H15NO2S2/c1-3-18-8-10-6-4-5-7-11(10)13-15-9(2)12(19-13)14(16)17/h4-7H,3,8H2,1-2H3,(H,16,17). The fraction of sp³-hybridized carbons (Fsp3) is 0.286. The first-order chi connectivity index (χ1) is 9.13. The van der Waals surface area contributed by atoms with Crippen LogP contribution in [0.25, 0.3) is 10.6 Å². The molecule has 0 aliphatic carbocycles. The van der Waals surface area contributed by atoms with E-state index >= 15 is 0 Å². The number of thioether (sulfide) groups is 1. The van der Waals surface area contributed by atoms with Gasteiger partial charge in [-0.3, -0.25) is 0 Å². The number of carbonyl (C=O) groups is 1. The largest absolute Gasteiger partial charge is 0.477 e. The van der Waals surface area contributed by atoms with Crippen molar-refractivity contribution in [2.75, 3.05) is 5.75 Å². The van der Waals surface area contributed by atoms with E-state index in [4.69, 9.17) is 5.11 Å². The second-order valence-electron chi connectivity index (χ2n) is 4.03. The molecule has 0 radical (unpaired) electrons. The topological polar surface area (TPSA) is 50.2 Å². The summed E-state index contributed by atoms with van der Waals surface area (Å²) in [5.74, 6) is 1.08. The van der Waals surface area contributed by atoms with Crippen molar-refractivity contribution in [1.29, 1.82) is 0 Å². The van der Waals surface area contributed by atoms with E-state index in [0.29, 0.717) is 10.6 Å². The van der Waals surface area contributed by atoms with Gasteiger partial charge in [0.05, 0.1) is 5.69 Å². The van der Waals surface area contributed by atoms with Crippen molar-refractivity contribution < 1.29 is 9.90 Å². The van der Waals surface area contributed by atoms with Gasteiger partial charge in [0.15, 0.2) is 0 Å². The highest BCUT2D eigenvalue weighted by Gasteiger charge is 2.16. The molecule has 5 heteroatoms. The highest BCUT2D eigenvalue weighted by atomic mass is 32.2. The molecule has 2 rings (SSSR count). The number of aromatic nitrogens is 1. The lowest BCUT2D eigenvalue weighted by Crippen LogP contribution is -1.94. The highest BCUT2D eigenvalue weighted by molar-refractivity contribution is 7.98. The highest BCUT2D eigenvalue weighted by Crippen LogP contribution is 2.31. The van der Waals surface area contributed by atoms with Crippen LogP contribution in [0, 0.1) is 6.92 Å². The molecule has 3 nitrogen and oxygen atoms in total. The molecule has 19 heavy (non-hydrogen) atoms. The zero-order valence-corrected chi connectivity index (χ0v) is 12.5. The molecule has 2 aromatic rings. The zero-order valence-electron chi connectivity index (χ0n) is 10.8. The number of hydrogen-bond donors (Lipinski definition) is 1. The maximum absolute atomic E-state index is 11.1. The summed E-state index contributed by atoms with van der Waals surface area (Å²) in [6.07, 6.45) is 0. The SMILES string of the molecule is CCSCc1ccccc1-c1nc(C)c(C(=O)O)s1. The summed E-state index contributed by atoms with van der Waals surface area (Å²) in [6, 6.07) is 8.06. The van der Waals surface area contributed by atoms with E-state index in [9.17, 15) is 4.79 Å². The Balaban J connectivity index is 2.41. The van der Waals surface area contributed by atoms with Gasteiger partial charge in [-0.1, -0.05) is 31.2 Å². The van der Waals surface area contributed by atoms with Gasteiger partial charge in [0, 0.05) is 11.3 Å². The average molecular weight is 293 g/mol. The Bertz CT molecular complexity index is 593. The molecule has 100 valence electrons. The summed E-state index contributed by atoms with van der Waals surface area (Å²) < 4.78 is 0. The first kappa shape index (κ1) is 14.1. The lowest BCUT2D eigenvalue weighted by molar-refractivity contribution is 0.0701. The first-order valence-electron chi connectivity index (χ1n) is 6.00. The Labute approximate surface area is 120 Å². The molecule has 1 aromatic carbocycles. The van der Waals surface area contributed by atoms with Crippen molar-refractivity contribution in [3.63, 3.8) is 0 Å². The molecule has 0 bridgehead atoms. The van der Waals surface area contributed by atoms with Gasteiger partial charge in [0.1, 0.15) is 9.88 Å². The normalized spacial score (nSPS) is 10.6. The zero-order chi connectivity index (χ0) is 13.8. The molecule has 0 amide bonds. The second-order valence-corrected chi connectivity index (χ2v) is 6.31. The summed E-state index contributed by atoms with van der Waals surface area (Å²) in [5, 5.41) is 9.90. The molecule has 0 fully saturated rings. The van der Waals surface area contributed by atoms with Crippen molar-refractivity contribution in [3.05, 3.63) is 40.4 Å². The third-order valence-corrected chi connectivity index (χ3v) is 4.80. The van der Waals surface area contributed by atoms with E-state index in [2.05, 4.69) is 18.0 Å². The van der Waals surface area contributed by atoms with Crippen LogP contribution >= 0.6 is 23.1 Å². The molecule has 0 aliphatic heterocycles. The monoisotopic (exact) mass is 293 g/mol. The lowest BCUT2D eigenvalue weighted by Gasteiger charge is -2.05. The Hall–Kier alpha value is -1.33. The number of carboxylic acids is 1. The van der Waals surface area contributed by atoms with E-state index in [-0.39, 0.29) is 0 Å². The van der Waals surface area contributed by atoms with E-state index in [1.165, 1.54) is 16.9 Å². The molecule has 0 aliphatic rings. The number of carboxylic acid groups (broad SMARTS) is 1. The number of benzene rings is 1. The van der Waals surface area contributed by atoms with Crippen LogP contribution < -0.4 is 0 Å². The predicted molar refractivity (Wildman–Crippen MR) is 81.1 cm³/mol. The molecule has 0 atom stereocenters. The van der Waals surface area contributed by atoms with E-state index in [0.717, 1.165) is 22.1 Å². The van der Waals surface area contributed by atoms with Gasteiger partial charge < -0.3 is 5.11 Å². The van der Waals surface area contributed by atoms with Crippen LogP contribution in [0.4, 0.5) is 0 Å². The van der Waals surface area contributed by atoms with Crippen molar-refractivity contribution >= 4 is 29.1 Å². The Morgan fingerprint density at radius 2 is 2.16 bits per heavy atom. The Morgan fingerprint density at radius 3 is 2.79 bits per heavy atom. The van der Waals surface area contributed by atoms with Gasteiger partial charge in [-0.05, 0) is 18.2 Å². The molecule has 0 saturated heterocycles. The first-order valence-corrected chi connectivity index (χ1v) is 7.97. The van der Waals surface area contributed by atoms with E-state index < -0.39 is 5.97 Å². The molecule has 1 aromatic heterocycles. The van der Waals surface area contributed by atoms with Crippen LogP contribution in [0.15, 0.2) is 24.3 Å². The smallest absolute Gasteiger partial charge is 0.347 e. The van der Waals surface area contributed by atoms with Gasteiger partial charge in [0.25, 0.3) is 0 Å². The predicted octanol–water partition coefficient (Wildman–Crippen LogP) is 4.07. The molecular weight excluding hydrogens is 278 g/mol. The van der Waals surface area contributed by atoms with Crippen LogP contribution in [0.1, 0.15) is 27.9 Å². The number of aryl methyl sites for hydroxylation is 1. The fourth-order valence-electron chi connectivity index (χ4n) is 1.78. The maximum Gasteiger partial charge on any atom is 0.347 e. The number of nitrogens with zero attached hydrogens (tertiary/aromatic N) is 1. The van der Waals surface area contributed by atoms with E-state index in [1.807, 2.05) is 30.0 Å². The minimum atomic E-state index is -0.901. The summed E-state index contributed by atoms with van der Waals surface area (Å²) in [4.78, 5) is 15.8. The molecule has 0 saturated carbocycles. The van der Waals surface area contributed by atoms with Crippen molar-refractivity contribution in [1.82, 2.24) is 4.98 Å². The van der Waals surface area contributed by atoms with Crippen molar-refractivity contribution in [2.45, 2.75) is 19.6 Å². The van der Waals surface area contributed by atoms with Crippen molar-refractivity contribution in [3.8, 4) is 10.6 Å². The van der Waals surface area contributed by atoms with Crippen LogP contribution in [-0.4, -0.2) is 21.8 Å². The van der Waals surface area contributed by atoms with Crippen LogP contribution in [0.5, 0.6) is 0 Å². The van der Waals surface area contributed by atoms with Crippen molar-refractivity contribution in [2.24, 2.45) is 0 Å². The quantitative estimate of drug-likeness (QED) is 0.903. The molecular formula is C14H15NO2S2. The van der Waals surface area contributed by atoms with Crippen LogP contribution in [0.3, 0.4) is 0 Å². The summed E-state index contributed by atoms with van der Waals surface area (Å²) in [5.41, 5.74) is 2.84. The number of rotatable bonds is 5.